The van der Waals surface area contributed by atoms with Gasteiger partial charge in [-0.25, -0.2) is 8.78 Å². The van der Waals surface area contributed by atoms with Crippen molar-refractivity contribution in [2.75, 3.05) is 13.3 Å². The van der Waals surface area contributed by atoms with E-state index < -0.39 is 12.8 Å². The molecule has 2 aliphatic carbocycles. The average molecular weight is 407 g/mol. The van der Waals surface area contributed by atoms with Crippen molar-refractivity contribution in [2.45, 2.75) is 90.1 Å². The molecule has 1 nitrogen and oxygen atoms in total. The molecule has 0 bridgehead atoms. The number of benzene rings is 1. The van der Waals surface area contributed by atoms with Gasteiger partial charge in [0.1, 0.15) is 19.0 Å². The number of hydrogen-bond acceptors (Lipinski definition) is 1. The molecule has 0 aromatic heterocycles. The molecule has 164 valence electrons. The lowest BCUT2D eigenvalue weighted by Gasteiger charge is -2.38. The molecule has 0 spiro atoms. The summed E-state index contributed by atoms with van der Waals surface area (Å²) in [6.07, 6.45) is 15.3. The summed E-state index contributed by atoms with van der Waals surface area (Å²) >= 11 is 0. The van der Waals surface area contributed by atoms with Crippen molar-refractivity contribution in [3.63, 3.8) is 0 Å². The van der Waals surface area contributed by atoms with E-state index in [2.05, 4.69) is 19.1 Å². The van der Waals surface area contributed by atoms with Crippen molar-refractivity contribution in [1.29, 1.82) is 0 Å². The van der Waals surface area contributed by atoms with E-state index in [1.54, 1.807) is 0 Å². The van der Waals surface area contributed by atoms with Crippen LogP contribution < -0.4 is 4.74 Å². The van der Waals surface area contributed by atoms with Crippen LogP contribution in [0.5, 0.6) is 5.75 Å². The second-order valence-corrected chi connectivity index (χ2v) is 9.60. The van der Waals surface area contributed by atoms with Crippen LogP contribution in [0.4, 0.5) is 8.78 Å². The minimum Gasteiger partial charge on any atom is -0.490 e. The molecule has 0 amide bonds. The van der Waals surface area contributed by atoms with Crippen molar-refractivity contribution in [3.8, 4) is 5.75 Å². The van der Waals surface area contributed by atoms with Gasteiger partial charge in [0, 0.05) is 0 Å². The Labute approximate surface area is 176 Å². The van der Waals surface area contributed by atoms with Crippen molar-refractivity contribution in [2.24, 2.45) is 23.7 Å². The van der Waals surface area contributed by atoms with Crippen LogP contribution in [0.15, 0.2) is 24.3 Å². The average Bonchev–Trinajstić information content (AvgIpc) is 2.78. The highest BCUT2D eigenvalue weighted by atomic mass is 19.2. The second-order valence-electron chi connectivity index (χ2n) is 9.60. The van der Waals surface area contributed by atoms with E-state index in [-0.39, 0.29) is 6.61 Å². The molecule has 3 heteroatoms. The predicted molar refractivity (Wildman–Crippen MR) is 117 cm³/mol. The van der Waals surface area contributed by atoms with E-state index in [1.165, 1.54) is 76.2 Å². The molecule has 1 aromatic carbocycles. The first kappa shape index (κ1) is 22.6. The Hall–Kier alpha value is -1.12. The third kappa shape index (κ3) is 7.26. The lowest BCUT2D eigenvalue weighted by molar-refractivity contribution is 0.141. The van der Waals surface area contributed by atoms with Crippen LogP contribution in [-0.4, -0.2) is 19.5 Å². The molecular weight excluding hydrogens is 366 g/mol. The van der Waals surface area contributed by atoms with Gasteiger partial charge < -0.3 is 4.74 Å². The van der Waals surface area contributed by atoms with Gasteiger partial charge >= 0.3 is 0 Å². The SMILES string of the molecule is CCCC1CCC(C2CCC(CCc3ccc(OCC(F)CF)cc3)CC2)CC1. The molecule has 2 saturated carbocycles. The summed E-state index contributed by atoms with van der Waals surface area (Å²) < 4.78 is 30.4. The monoisotopic (exact) mass is 406 g/mol. The number of rotatable bonds is 10. The van der Waals surface area contributed by atoms with Gasteiger partial charge in [-0.1, -0.05) is 57.6 Å². The van der Waals surface area contributed by atoms with Gasteiger partial charge in [0.05, 0.1) is 0 Å². The van der Waals surface area contributed by atoms with Gasteiger partial charge in [-0.2, -0.15) is 0 Å². The minimum absolute atomic E-state index is 0.209. The Balaban J connectivity index is 1.33. The molecule has 0 saturated heterocycles. The molecule has 2 fully saturated rings. The Morgan fingerprint density at radius 3 is 1.93 bits per heavy atom. The Bertz CT molecular complexity index is 557. The first-order valence-electron chi connectivity index (χ1n) is 12.1. The number of ether oxygens (including phenoxy) is 1. The lowest BCUT2D eigenvalue weighted by atomic mass is 9.68. The van der Waals surface area contributed by atoms with Gasteiger partial charge in [-0.05, 0) is 79.9 Å². The van der Waals surface area contributed by atoms with E-state index >= 15 is 0 Å². The second kappa shape index (κ2) is 11.9. The fraction of sp³-hybridized carbons (Fsp3) is 0.769. The van der Waals surface area contributed by atoms with E-state index in [4.69, 9.17) is 4.74 Å². The number of hydrogen-bond donors (Lipinski definition) is 0. The van der Waals surface area contributed by atoms with Crippen LogP contribution in [0.25, 0.3) is 0 Å². The number of alkyl halides is 2. The zero-order valence-corrected chi connectivity index (χ0v) is 18.3. The molecule has 0 N–H and O–H groups in total. The van der Waals surface area contributed by atoms with Gasteiger partial charge in [0.2, 0.25) is 0 Å². The van der Waals surface area contributed by atoms with Crippen molar-refractivity contribution >= 4 is 0 Å². The largest absolute Gasteiger partial charge is 0.490 e. The summed E-state index contributed by atoms with van der Waals surface area (Å²) in [5, 5.41) is 0. The molecule has 1 atom stereocenters. The zero-order chi connectivity index (χ0) is 20.5. The standard InChI is InChI=1S/C26H40F2O/c1-2-3-20-6-12-23(13-7-20)24-14-8-21(9-15-24)4-5-22-10-16-26(17-11-22)29-19-25(28)18-27/h10-11,16-17,20-21,23-25H,2-9,12-15,18-19H2,1H3. The molecule has 0 heterocycles. The Morgan fingerprint density at radius 2 is 1.41 bits per heavy atom. The van der Waals surface area contributed by atoms with E-state index in [9.17, 15) is 8.78 Å². The summed E-state index contributed by atoms with van der Waals surface area (Å²) in [5.41, 5.74) is 1.32. The summed E-state index contributed by atoms with van der Waals surface area (Å²) in [7, 11) is 0. The third-order valence-electron chi connectivity index (χ3n) is 7.51. The molecule has 1 aromatic rings. The highest BCUT2D eigenvalue weighted by Gasteiger charge is 2.30. The maximum Gasteiger partial charge on any atom is 0.162 e. The summed E-state index contributed by atoms with van der Waals surface area (Å²) in [4.78, 5) is 0. The van der Waals surface area contributed by atoms with Gasteiger partial charge in [-0.3, -0.25) is 0 Å². The van der Waals surface area contributed by atoms with Crippen LogP contribution in [0.2, 0.25) is 0 Å². The molecule has 1 unspecified atom stereocenters. The predicted octanol–water partition coefficient (Wildman–Crippen LogP) is 7.72. The fourth-order valence-electron chi connectivity index (χ4n) is 5.66. The molecular formula is C26H40F2O. The molecule has 29 heavy (non-hydrogen) atoms. The maximum absolute atomic E-state index is 12.9. The van der Waals surface area contributed by atoms with Crippen LogP contribution >= 0.6 is 0 Å². The maximum atomic E-state index is 12.9. The topological polar surface area (TPSA) is 9.23 Å². The van der Waals surface area contributed by atoms with Crippen LogP contribution in [0.1, 0.15) is 83.1 Å². The zero-order valence-electron chi connectivity index (χ0n) is 18.3. The first-order valence-corrected chi connectivity index (χ1v) is 12.1. The number of halogens is 2. The molecule has 0 radical (unpaired) electrons. The Morgan fingerprint density at radius 1 is 0.862 bits per heavy atom. The summed E-state index contributed by atoms with van der Waals surface area (Å²) in [6, 6.07) is 7.90. The lowest BCUT2D eigenvalue weighted by Crippen LogP contribution is -2.26. The van der Waals surface area contributed by atoms with Gasteiger partial charge in [0.25, 0.3) is 0 Å². The van der Waals surface area contributed by atoms with E-state index in [0.29, 0.717) is 5.75 Å². The fourth-order valence-corrected chi connectivity index (χ4v) is 5.66. The van der Waals surface area contributed by atoms with E-state index in [0.717, 1.165) is 30.1 Å². The molecule has 3 rings (SSSR count). The van der Waals surface area contributed by atoms with Crippen LogP contribution in [0, 0.1) is 23.7 Å². The first-order chi connectivity index (χ1) is 14.2. The van der Waals surface area contributed by atoms with Gasteiger partial charge in [-0.15, -0.1) is 0 Å². The summed E-state index contributed by atoms with van der Waals surface area (Å²) in [5.74, 6) is 4.52. The third-order valence-corrected chi connectivity index (χ3v) is 7.51. The summed E-state index contributed by atoms with van der Waals surface area (Å²) in [6.45, 7) is 1.13. The van der Waals surface area contributed by atoms with Crippen molar-refractivity contribution in [3.05, 3.63) is 29.8 Å². The smallest absolute Gasteiger partial charge is 0.162 e. The Kier molecular flexibility index (Phi) is 9.27. The minimum atomic E-state index is -1.53. The van der Waals surface area contributed by atoms with Crippen LogP contribution in [0.3, 0.4) is 0 Å². The molecule has 2 aliphatic rings. The van der Waals surface area contributed by atoms with Crippen LogP contribution in [-0.2, 0) is 6.42 Å². The van der Waals surface area contributed by atoms with Crippen molar-refractivity contribution in [1.82, 2.24) is 0 Å². The van der Waals surface area contributed by atoms with Crippen molar-refractivity contribution < 1.29 is 13.5 Å². The quantitative estimate of drug-likeness (QED) is 0.386. The molecule has 0 aliphatic heterocycles. The highest BCUT2D eigenvalue weighted by molar-refractivity contribution is 5.27. The van der Waals surface area contributed by atoms with Gasteiger partial charge in [0.15, 0.2) is 6.17 Å². The normalized spacial score (nSPS) is 28.8. The highest BCUT2D eigenvalue weighted by Crippen LogP contribution is 2.42. The number of aryl methyl sites for hydroxylation is 1. The van der Waals surface area contributed by atoms with E-state index in [1.807, 2.05) is 12.1 Å².